The second-order valence-corrected chi connectivity index (χ2v) is 4.34. The number of hydrogen-bond donors (Lipinski definition) is 1. The maximum Gasteiger partial charge on any atom is 0.257 e. The molecule has 2 rings (SSSR count). The summed E-state index contributed by atoms with van der Waals surface area (Å²) in [5, 5.41) is 9.57. The number of rotatable bonds is 3. The fraction of sp³-hybridized carbons (Fsp3) is 0.214. The van der Waals surface area contributed by atoms with Crippen LogP contribution in [0.15, 0.2) is 34.7 Å². The highest BCUT2D eigenvalue weighted by molar-refractivity contribution is 5.96. The zero-order valence-corrected chi connectivity index (χ0v) is 10.7. The van der Waals surface area contributed by atoms with Gasteiger partial charge in [-0.3, -0.25) is 4.79 Å². The van der Waals surface area contributed by atoms with Crippen molar-refractivity contribution in [1.29, 1.82) is 0 Å². The molecule has 0 atom stereocenters. The van der Waals surface area contributed by atoms with Crippen LogP contribution in [0.2, 0.25) is 0 Å². The quantitative estimate of drug-likeness (QED) is 0.926. The van der Waals surface area contributed by atoms with Crippen molar-refractivity contribution in [2.24, 2.45) is 0 Å². The second kappa shape index (κ2) is 5.14. The molecule has 0 aliphatic heterocycles. The molecule has 0 radical (unpaired) electrons. The standard InChI is InChI=1S/C14H14FNO3/c1-9-3-5-11(19-9)8-16(2)14(18)12-6-4-10(15)7-13(12)17/h3-7,17H,8H2,1-2H3. The van der Waals surface area contributed by atoms with Gasteiger partial charge in [0.2, 0.25) is 0 Å². The second-order valence-electron chi connectivity index (χ2n) is 4.34. The Hall–Kier alpha value is -2.30. The fourth-order valence-corrected chi connectivity index (χ4v) is 1.77. The normalized spacial score (nSPS) is 10.5. The molecule has 1 aromatic carbocycles. The van der Waals surface area contributed by atoms with E-state index in [-0.39, 0.29) is 17.9 Å². The first-order valence-electron chi connectivity index (χ1n) is 5.76. The van der Waals surface area contributed by atoms with Gasteiger partial charge >= 0.3 is 0 Å². The number of carbonyl (C=O) groups is 1. The van der Waals surface area contributed by atoms with E-state index in [1.54, 1.807) is 13.1 Å². The van der Waals surface area contributed by atoms with Gasteiger partial charge in [-0.1, -0.05) is 0 Å². The zero-order valence-electron chi connectivity index (χ0n) is 10.7. The van der Waals surface area contributed by atoms with Crippen LogP contribution in [0.5, 0.6) is 5.75 Å². The number of nitrogens with zero attached hydrogens (tertiary/aromatic N) is 1. The molecular formula is C14H14FNO3. The van der Waals surface area contributed by atoms with Gasteiger partial charge in [0.05, 0.1) is 12.1 Å². The Morgan fingerprint density at radius 2 is 2.11 bits per heavy atom. The Morgan fingerprint density at radius 3 is 2.68 bits per heavy atom. The van der Waals surface area contributed by atoms with E-state index in [1.807, 2.05) is 13.0 Å². The monoisotopic (exact) mass is 263 g/mol. The summed E-state index contributed by atoms with van der Waals surface area (Å²) in [6.07, 6.45) is 0. The summed E-state index contributed by atoms with van der Waals surface area (Å²) in [7, 11) is 1.59. The minimum absolute atomic E-state index is 0.0622. The average molecular weight is 263 g/mol. The van der Waals surface area contributed by atoms with E-state index >= 15 is 0 Å². The highest BCUT2D eigenvalue weighted by Gasteiger charge is 2.17. The van der Waals surface area contributed by atoms with E-state index in [9.17, 15) is 14.3 Å². The lowest BCUT2D eigenvalue weighted by Crippen LogP contribution is -2.26. The van der Waals surface area contributed by atoms with Crippen LogP contribution in [0.4, 0.5) is 4.39 Å². The van der Waals surface area contributed by atoms with Gasteiger partial charge < -0.3 is 14.4 Å². The van der Waals surface area contributed by atoms with E-state index in [0.717, 1.165) is 17.9 Å². The van der Waals surface area contributed by atoms with Crippen molar-refractivity contribution in [2.45, 2.75) is 13.5 Å². The Labute approximate surface area is 110 Å². The summed E-state index contributed by atoms with van der Waals surface area (Å²) in [5.41, 5.74) is 0.0622. The molecule has 100 valence electrons. The predicted molar refractivity (Wildman–Crippen MR) is 67.3 cm³/mol. The molecule has 1 N–H and O–H groups in total. The first-order chi connectivity index (χ1) is 8.97. The lowest BCUT2D eigenvalue weighted by Gasteiger charge is -2.16. The molecule has 1 aromatic heterocycles. The highest BCUT2D eigenvalue weighted by Crippen LogP contribution is 2.20. The van der Waals surface area contributed by atoms with Gasteiger partial charge in [-0.25, -0.2) is 4.39 Å². The summed E-state index contributed by atoms with van der Waals surface area (Å²) >= 11 is 0. The first kappa shape index (κ1) is 13.1. The van der Waals surface area contributed by atoms with Crippen LogP contribution in [-0.4, -0.2) is 23.0 Å². The molecule has 0 aliphatic carbocycles. The van der Waals surface area contributed by atoms with Crippen molar-refractivity contribution in [3.05, 3.63) is 53.2 Å². The molecule has 0 aliphatic rings. The number of aromatic hydroxyl groups is 1. The third-order valence-corrected chi connectivity index (χ3v) is 2.73. The molecule has 0 saturated carbocycles. The van der Waals surface area contributed by atoms with Crippen LogP contribution in [0.25, 0.3) is 0 Å². The van der Waals surface area contributed by atoms with Crippen LogP contribution in [0.1, 0.15) is 21.9 Å². The largest absolute Gasteiger partial charge is 0.507 e. The fourth-order valence-electron chi connectivity index (χ4n) is 1.77. The highest BCUT2D eigenvalue weighted by atomic mass is 19.1. The van der Waals surface area contributed by atoms with E-state index < -0.39 is 11.7 Å². The summed E-state index contributed by atoms with van der Waals surface area (Å²) in [6.45, 7) is 2.10. The van der Waals surface area contributed by atoms with Gasteiger partial charge in [0.1, 0.15) is 23.1 Å². The number of phenols is 1. The van der Waals surface area contributed by atoms with Crippen LogP contribution in [-0.2, 0) is 6.54 Å². The number of benzene rings is 1. The maximum absolute atomic E-state index is 12.9. The summed E-state index contributed by atoms with van der Waals surface area (Å²) in [5.74, 6) is 0.0628. The van der Waals surface area contributed by atoms with E-state index in [0.29, 0.717) is 5.76 Å². The van der Waals surface area contributed by atoms with Crippen molar-refractivity contribution in [3.8, 4) is 5.75 Å². The van der Waals surface area contributed by atoms with Crippen molar-refractivity contribution in [3.63, 3.8) is 0 Å². The number of aryl methyl sites for hydroxylation is 1. The third-order valence-electron chi connectivity index (χ3n) is 2.73. The van der Waals surface area contributed by atoms with Gasteiger partial charge in [-0.05, 0) is 31.2 Å². The van der Waals surface area contributed by atoms with Crippen molar-refractivity contribution in [1.82, 2.24) is 4.90 Å². The van der Waals surface area contributed by atoms with Crippen LogP contribution >= 0.6 is 0 Å². The summed E-state index contributed by atoms with van der Waals surface area (Å²) in [6, 6.07) is 6.90. The zero-order chi connectivity index (χ0) is 14.0. The van der Waals surface area contributed by atoms with Gasteiger partial charge in [-0.15, -0.1) is 0 Å². The lowest BCUT2D eigenvalue weighted by atomic mass is 10.1. The van der Waals surface area contributed by atoms with Crippen molar-refractivity contribution >= 4 is 5.91 Å². The SMILES string of the molecule is Cc1ccc(CN(C)C(=O)c2ccc(F)cc2O)o1. The van der Waals surface area contributed by atoms with Crippen molar-refractivity contribution < 1.29 is 18.7 Å². The average Bonchev–Trinajstić information content (AvgIpc) is 2.74. The molecule has 0 bridgehead atoms. The van der Waals surface area contributed by atoms with E-state index in [4.69, 9.17) is 4.42 Å². The number of hydrogen-bond acceptors (Lipinski definition) is 3. The van der Waals surface area contributed by atoms with Gasteiger partial charge in [0, 0.05) is 13.1 Å². The topological polar surface area (TPSA) is 53.7 Å². The van der Waals surface area contributed by atoms with Crippen LogP contribution in [0, 0.1) is 12.7 Å². The Morgan fingerprint density at radius 1 is 1.37 bits per heavy atom. The number of amides is 1. The Bertz CT molecular complexity index is 606. The molecule has 0 spiro atoms. The van der Waals surface area contributed by atoms with Crippen LogP contribution in [0.3, 0.4) is 0 Å². The lowest BCUT2D eigenvalue weighted by molar-refractivity contribution is 0.0772. The molecule has 1 amide bonds. The minimum Gasteiger partial charge on any atom is -0.507 e. The van der Waals surface area contributed by atoms with Crippen molar-refractivity contribution in [2.75, 3.05) is 7.05 Å². The van der Waals surface area contributed by atoms with Gasteiger partial charge in [0.25, 0.3) is 5.91 Å². The molecular weight excluding hydrogens is 249 g/mol. The summed E-state index contributed by atoms with van der Waals surface area (Å²) in [4.78, 5) is 13.5. The van der Waals surface area contributed by atoms with Crippen LogP contribution < -0.4 is 0 Å². The molecule has 0 unspecified atom stereocenters. The number of carbonyl (C=O) groups excluding carboxylic acids is 1. The van der Waals surface area contributed by atoms with Gasteiger partial charge in [0.15, 0.2) is 0 Å². The minimum atomic E-state index is -0.585. The smallest absolute Gasteiger partial charge is 0.257 e. The Kier molecular flexibility index (Phi) is 3.55. The Balaban J connectivity index is 2.14. The predicted octanol–water partition coefficient (Wildman–Crippen LogP) is 2.70. The molecule has 0 fully saturated rings. The molecule has 4 nitrogen and oxygen atoms in total. The van der Waals surface area contributed by atoms with Gasteiger partial charge in [-0.2, -0.15) is 0 Å². The maximum atomic E-state index is 12.9. The third kappa shape index (κ3) is 2.93. The first-order valence-corrected chi connectivity index (χ1v) is 5.76. The molecule has 19 heavy (non-hydrogen) atoms. The van der Waals surface area contributed by atoms with E-state index in [1.165, 1.54) is 11.0 Å². The summed E-state index contributed by atoms with van der Waals surface area (Å²) < 4.78 is 18.2. The molecule has 1 heterocycles. The number of halogens is 1. The number of furan rings is 1. The molecule has 0 saturated heterocycles. The molecule has 2 aromatic rings. The van der Waals surface area contributed by atoms with E-state index in [2.05, 4.69) is 0 Å². The number of phenolic OH excluding ortho intramolecular Hbond substituents is 1. The molecule has 5 heteroatoms.